The number of benzene rings is 1. The summed E-state index contributed by atoms with van der Waals surface area (Å²) in [5.74, 6) is 0.848. The number of carbonyl (C=O) groups is 1. The van der Waals surface area contributed by atoms with Crippen molar-refractivity contribution in [2.45, 2.75) is 38.6 Å². The molecule has 0 N–H and O–H groups in total. The number of para-hydroxylation sites is 1. The van der Waals surface area contributed by atoms with Gasteiger partial charge in [0.15, 0.2) is 0 Å². The van der Waals surface area contributed by atoms with Crippen molar-refractivity contribution in [2.75, 3.05) is 52.9 Å². The zero-order valence-electron chi connectivity index (χ0n) is 16.3. The molecular formula is C21H33N3O2. The molecule has 26 heavy (non-hydrogen) atoms. The quantitative estimate of drug-likeness (QED) is 0.782. The van der Waals surface area contributed by atoms with Crippen molar-refractivity contribution >= 4 is 5.91 Å². The fraction of sp³-hybridized carbons (Fsp3) is 0.667. The Labute approximate surface area is 157 Å². The third kappa shape index (κ3) is 4.77. The third-order valence-electron chi connectivity index (χ3n) is 5.68. The second-order valence-electron chi connectivity index (χ2n) is 7.51. The van der Waals surface area contributed by atoms with Gasteiger partial charge in [0.1, 0.15) is 5.75 Å². The van der Waals surface area contributed by atoms with E-state index in [0.29, 0.717) is 24.0 Å². The molecule has 1 atom stereocenters. The maximum atomic E-state index is 13.2. The zero-order chi connectivity index (χ0) is 18.4. The second kappa shape index (κ2) is 9.38. The summed E-state index contributed by atoms with van der Waals surface area (Å²) in [6.45, 7) is 9.08. The number of ether oxygens (including phenoxy) is 1. The molecule has 2 aliphatic heterocycles. The molecule has 144 valence electrons. The highest BCUT2D eigenvalue weighted by atomic mass is 16.5. The Kier molecular flexibility index (Phi) is 6.92. The molecule has 1 amide bonds. The first-order valence-corrected chi connectivity index (χ1v) is 10.1. The normalized spacial score (nSPS) is 22.4. The van der Waals surface area contributed by atoms with Gasteiger partial charge in [-0.1, -0.05) is 12.1 Å². The molecule has 5 heteroatoms. The van der Waals surface area contributed by atoms with E-state index in [-0.39, 0.29) is 5.91 Å². The van der Waals surface area contributed by atoms with Gasteiger partial charge in [0.2, 0.25) is 0 Å². The number of hydrogen-bond donors (Lipinski definition) is 0. The predicted octanol–water partition coefficient (Wildman–Crippen LogP) is 2.72. The smallest absolute Gasteiger partial charge is 0.257 e. The van der Waals surface area contributed by atoms with Crippen LogP contribution in [0.3, 0.4) is 0 Å². The number of amides is 1. The van der Waals surface area contributed by atoms with Gasteiger partial charge in [0.05, 0.1) is 12.2 Å². The number of nitrogens with zero attached hydrogens (tertiary/aromatic N) is 3. The molecule has 0 radical (unpaired) electrons. The highest BCUT2D eigenvalue weighted by Gasteiger charge is 2.29. The first-order valence-electron chi connectivity index (χ1n) is 10.1. The standard InChI is InChI=1S/C21H33N3O2/c1-3-26-20-10-5-4-9-19(20)21(25)24-12-7-6-8-18(24)11-13-23-16-14-22(2)15-17-23/h4-5,9-10,18H,3,6-8,11-17H2,1-2H3/t18-/m0/s1. The van der Waals surface area contributed by atoms with Crippen molar-refractivity contribution in [2.24, 2.45) is 0 Å². The Morgan fingerprint density at radius 1 is 1.12 bits per heavy atom. The van der Waals surface area contributed by atoms with Crippen molar-refractivity contribution in [1.29, 1.82) is 0 Å². The minimum atomic E-state index is 0.136. The average Bonchev–Trinajstić information content (AvgIpc) is 2.68. The monoisotopic (exact) mass is 359 g/mol. The van der Waals surface area contributed by atoms with Crippen molar-refractivity contribution in [3.63, 3.8) is 0 Å². The van der Waals surface area contributed by atoms with E-state index in [1.165, 1.54) is 6.42 Å². The second-order valence-corrected chi connectivity index (χ2v) is 7.51. The number of likely N-dealkylation sites (N-methyl/N-ethyl adjacent to an activating group) is 1. The lowest BCUT2D eigenvalue weighted by Crippen LogP contribution is -2.48. The molecule has 0 bridgehead atoms. The molecule has 0 unspecified atom stereocenters. The molecule has 2 heterocycles. The van der Waals surface area contributed by atoms with E-state index < -0.39 is 0 Å². The molecule has 2 saturated heterocycles. The zero-order valence-corrected chi connectivity index (χ0v) is 16.3. The molecular weight excluding hydrogens is 326 g/mol. The van der Waals surface area contributed by atoms with E-state index >= 15 is 0 Å². The summed E-state index contributed by atoms with van der Waals surface area (Å²) >= 11 is 0. The highest BCUT2D eigenvalue weighted by molar-refractivity contribution is 5.97. The first kappa shape index (κ1) is 19.2. The SMILES string of the molecule is CCOc1ccccc1C(=O)N1CCCC[C@H]1CCN1CCN(C)CC1. The lowest BCUT2D eigenvalue weighted by Gasteiger charge is -2.38. The molecule has 3 rings (SSSR count). The molecule has 5 nitrogen and oxygen atoms in total. The summed E-state index contributed by atoms with van der Waals surface area (Å²) in [4.78, 5) is 20.3. The number of likely N-dealkylation sites (tertiary alicyclic amines) is 1. The maximum Gasteiger partial charge on any atom is 0.257 e. The molecule has 0 saturated carbocycles. The Balaban J connectivity index is 1.64. The summed E-state index contributed by atoms with van der Waals surface area (Å²) in [5.41, 5.74) is 0.709. The fourth-order valence-electron chi connectivity index (χ4n) is 4.05. The van der Waals surface area contributed by atoms with Crippen molar-refractivity contribution in [3.8, 4) is 5.75 Å². The van der Waals surface area contributed by atoms with Crippen LogP contribution in [0.25, 0.3) is 0 Å². The summed E-state index contributed by atoms with van der Waals surface area (Å²) in [6.07, 6.45) is 4.53. The summed E-state index contributed by atoms with van der Waals surface area (Å²) in [6, 6.07) is 8.02. The number of hydrogen-bond acceptors (Lipinski definition) is 4. The highest BCUT2D eigenvalue weighted by Crippen LogP contribution is 2.26. The van der Waals surface area contributed by atoms with E-state index in [9.17, 15) is 4.79 Å². The Morgan fingerprint density at radius 3 is 2.65 bits per heavy atom. The average molecular weight is 360 g/mol. The van der Waals surface area contributed by atoms with Crippen LogP contribution in [-0.2, 0) is 0 Å². The number of carbonyl (C=O) groups excluding carboxylic acids is 1. The van der Waals surface area contributed by atoms with Crippen LogP contribution >= 0.6 is 0 Å². The van der Waals surface area contributed by atoms with Gasteiger partial charge in [-0.2, -0.15) is 0 Å². The molecule has 2 fully saturated rings. The third-order valence-corrected chi connectivity index (χ3v) is 5.68. The van der Waals surface area contributed by atoms with Gasteiger partial charge in [-0.3, -0.25) is 4.79 Å². The van der Waals surface area contributed by atoms with Gasteiger partial charge in [-0.25, -0.2) is 0 Å². The number of rotatable bonds is 6. The van der Waals surface area contributed by atoms with Crippen LogP contribution in [0, 0.1) is 0 Å². The minimum absolute atomic E-state index is 0.136. The topological polar surface area (TPSA) is 36.0 Å². The van der Waals surface area contributed by atoms with Crippen LogP contribution in [0.15, 0.2) is 24.3 Å². The Morgan fingerprint density at radius 2 is 1.88 bits per heavy atom. The Hall–Kier alpha value is -1.59. The molecule has 0 aromatic heterocycles. The maximum absolute atomic E-state index is 13.2. The fourth-order valence-corrected chi connectivity index (χ4v) is 4.05. The van der Waals surface area contributed by atoms with Gasteiger partial charge in [0, 0.05) is 45.3 Å². The van der Waals surface area contributed by atoms with Gasteiger partial charge in [-0.15, -0.1) is 0 Å². The predicted molar refractivity (Wildman–Crippen MR) is 105 cm³/mol. The molecule has 0 aliphatic carbocycles. The summed E-state index contributed by atoms with van der Waals surface area (Å²) in [7, 11) is 2.19. The molecule has 1 aromatic rings. The van der Waals surface area contributed by atoms with Gasteiger partial charge in [-0.05, 0) is 51.8 Å². The number of piperidine rings is 1. The van der Waals surface area contributed by atoms with Gasteiger partial charge < -0.3 is 19.4 Å². The minimum Gasteiger partial charge on any atom is -0.493 e. The van der Waals surface area contributed by atoms with E-state index in [0.717, 1.165) is 58.5 Å². The van der Waals surface area contributed by atoms with Crippen LogP contribution in [0.5, 0.6) is 5.75 Å². The number of piperazine rings is 1. The van der Waals surface area contributed by atoms with Crippen molar-refractivity contribution in [3.05, 3.63) is 29.8 Å². The van der Waals surface area contributed by atoms with Gasteiger partial charge >= 0.3 is 0 Å². The lowest BCUT2D eigenvalue weighted by atomic mass is 9.97. The van der Waals surface area contributed by atoms with E-state index in [2.05, 4.69) is 21.7 Å². The lowest BCUT2D eigenvalue weighted by molar-refractivity contribution is 0.0566. The van der Waals surface area contributed by atoms with E-state index in [4.69, 9.17) is 4.74 Å². The van der Waals surface area contributed by atoms with Crippen LogP contribution in [0.4, 0.5) is 0 Å². The first-order chi connectivity index (χ1) is 12.7. The largest absolute Gasteiger partial charge is 0.493 e. The summed E-state index contributed by atoms with van der Waals surface area (Å²) < 4.78 is 5.69. The molecule has 1 aromatic carbocycles. The van der Waals surface area contributed by atoms with Crippen LogP contribution in [0.1, 0.15) is 43.0 Å². The van der Waals surface area contributed by atoms with E-state index in [1.54, 1.807) is 0 Å². The Bertz CT molecular complexity index is 584. The summed E-state index contributed by atoms with van der Waals surface area (Å²) in [5, 5.41) is 0. The molecule has 2 aliphatic rings. The van der Waals surface area contributed by atoms with Crippen LogP contribution < -0.4 is 4.74 Å². The van der Waals surface area contributed by atoms with Crippen molar-refractivity contribution < 1.29 is 9.53 Å². The molecule has 0 spiro atoms. The van der Waals surface area contributed by atoms with Crippen LogP contribution in [0.2, 0.25) is 0 Å². The van der Waals surface area contributed by atoms with Crippen molar-refractivity contribution in [1.82, 2.24) is 14.7 Å². The van der Waals surface area contributed by atoms with E-state index in [1.807, 2.05) is 31.2 Å². The van der Waals surface area contributed by atoms with Crippen LogP contribution in [-0.4, -0.2) is 79.6 Å². The van der Waals surface area contributed by atoms with Gasteiger partial charge in [0.25, 0.3) is 5.91 Å².